The number of hydrogen-bond donors (Lipinski definition) is 1. The van der Waals surface area contributed by atoms with Gasteiger partial charge >= 0.3 is 6.18 Å². The van der Waals surface area contributed by atoms with Crippen LogP contribution >= 0.6 is 15.9 Å². The van der Waals surface area contributed by atoms with Gasteiger partial charge in [0.2, 0.25) is 5.82 Å². The average Bonchev–Trinajstić information content (AvgIpc) is 3.24. The van der Waals surface area contributed by atoms with Crippen LogP contribution in [0.2, 0.25) is 0 Å². The Kier molecular flexibility index (Phi) is 6.02. The zero-order chi connectivity index (χ0) is 23.3. The molecule has 2 aliphatic heterocycles. The first kappa shape index (κ1) is 22.8. The summed E-state index contributed by atoms with van der Waals surface area (Å²) in [4.78, 5) is 10.9. The molecule has 2 saturated heterocycles. The number of nitrogens with zero attached hydrogens (tertiary/aromatic N) is 5. The van der Waals surface area contributed by atoms with Gasteiger partial charge in [0.15, 0.2) is 0 Å². The number of nitrogens with one attached hydrogen (secondary N) is 1. The fourth-order valence-electron chi connectivity index (χ4n) is 6.06. The van der Waals surface area contributed by atoms with Crippen LogP contribution in [0.3, 0.4) is 0 Å². The molecule has 5 rings (SSSR count). The van der Waals surface area contributed by atoms with E-state index in [4.69, 9.17) is 0 Å². The maximum Gasteiger partial charge on any atom is 0.406 e. The van der Waals surface area contributed by atoms with Crippen LogP contribution in [-0.4, -0.2) is 56.0 Å². The Balaban J connectivity index is 1.30. The van der Waals surface area contributed by atoms with Gasteiger partial charge in [-0.2, -0.15) is 18.4 Å². The van der Waals surface area contributed by atoms with Gasteiger partial charge < -0.3 is 9.88 Å². The zero-order valence-electron chi connectivity index (χ0n) is 18.0. The molecule has 0 amide bonds. The van der Waals surface area contributed by atoms with Gasteiger partial charge in [-0.15, -0.1) is 0 Å². The summed E-state index contributed by atoms with van der Waals surface area (Å²) in [6.07, 6.45) is 3.59. The maximum absolute atomic E-state index is 13.9. The van der Waals surface area contributed by atoms with Gasteiger partial charge in [-0.1, -0.05) is 0 Å². The van der Waals surface area contributed by atoms with Crippen LogP contribution in [0.25, 0.3) is 11.0 Å². The standard InChI is InChI=1S/C22H25BrF4N6/c23-19-20-17(31-18(9-28)32(20)11-22(25,26)27)10-29-21(19)30-13-1-3-14(4-2-13)33-15-5-6-16(33)8-12(24)7-15/h10,12-16H,1-8,11H2,(H,29,30)/t13?,14?,15-,16-/m0/s1. The molecule has 1 saturated carbocycles. The lowest BCUT2D eigenvalue weighted by Gasteiger charge is -2.44. The highest BCUT2D eigenvalue weighted by molar-refractivity contribution is 9.10. The molecule has 0 spiro atoms. The number of aromatic nitrogens is 3. The number of fused-ring (bicyclic) bond motifs is 3. The summed E-state index contributed by atoms with van der Waals surface area (Å²) < 4.78 is 54.5. The topological polar surface area (TPSA) is 69.8 Å². The highest BCUT2D eigenvalue weighted by Gasteiger charge is 2.44. The molecule has 178 valence electrons. The Morgan fingerprint density at radius 3 is 2.33 bits per heavy atom. The molecule has 2 aromatic rings. The Hall–Kier alpha value is -1.93. The van der Waals surface area contributed by atoms with E-state index in [0.29, 0.717) is 41.3 Å². The van der Waals surface area contributed by atoms with Crippen LogP contribution in [0, 0.1) is 11.3 Å². The van der Waals surface area contributed by atoms with Crippen LogP contribution in [0.5, 0.6) is 0 Å². The first-order chi connectivity index (χ1) is 15.7. The maximum atomic E-state index is 13.9. The number of imidazole rings is 1. The van der Waals surface area contributed by atoms with Gasteiger partial charge in [-0.05, 0) is 67.3 Å². The van der Waals surface area contributed by atoms with Gasteiger partial charge in [0.05, 0.1) is 16.2 Å². The molecular formula is C22H25BrF4N6. The van der Waals surface area contributed by atoms with Crippen LogP contribution < -0.4 is 5.32 Å². The summed E-state index contributed by atoms with van der Waals surface area (Å²) in [6.45, 7) is -1.29. The molecule has 0 radical (unpaired) electrons. The monoisotopic (exact) mass is 528 g/mol. The molecule has 1 aliphatic carbocycles. The molecule has 0 unspecified atom stereocenters. The van der Waals surface area contributed by atoms with E-state index in [9.17, 15) is 22.8 Å². The minimum absolute atomic E-state index is 0.147. The largest absolute Gasteiger partial charge is 0.406 e. The van der Waals surface area contributed by atoms with Crippen molar-refractivity contribution in [3.8, 4) is 6.07 Å². The van der Waals surface area contributed by atoms with Gasteiger partial charge in [0.1, 0.15) is 30.1 Å². The van der Waals surface area contributed by atoms with Crippen LogP contribution in [-0.2, 0) is 6.54 Å². The van der Waals surface area contributed by atoms with Gasteiger partial charge in [0.25, 0.3) is 0 Å². The Bertz CT molecular complexity index is 1060. The second kappa shape index (κ2) is 8.69. The zero-order valence-corrected chi connectivity index (χ0v) is 19.5. The van der Waals surface area contributed by atoms with Crippen LogP contribution in [0.15, 0.2) is 10.7 Å². The molecule has 3 fully saturated rings. The first-order valence-electron chi connectivity index (χ1n) is 11.4. The summed E-state index contributed by atoms with van der Waals surface area (Å²) in [7, 11) is 0. The third-order valence-electron chi connectivity index (χ3n) is 7.35. The fourth-order valence-corrected chi connectivity index (χ4v) is 6.70. The number of halogens is 5. The highest BCUT2D eigenvalue weighted by Crippen LogP contribution is 2.42. The predicted octanol–water partition coefficient (Wildman–Crippen LogP) is 5.32. The summed E-state index contributed by atoms with van der Waals surface area (Å²) in [5, 5.41) is 12.6. The smallest absolute Gasteiger partial charge is 0.366 e. The Labute approximate surface area is 197 Å². The van der Waals surface area contributed by atoms with Crippen molar-refractivity contribution in [3.05, 3.63) is 16.5 Å². The van der Waals surface area contributed by atoms with Crippen molar-refractivity contribution in [1.29, 1.82) is 5.26 Å². The molecule has 2 bridgehead atoms. The van der Waals surface area contributed by atoms with E-state index in [0.717, 1.165) is 43.1 Å². The first-order valence-corrected chi connectivity index (χ1v) is 12.2. The molecule has 6 nitrogen and oxygen atoms in total. The summed E-state index contributed by atoms with van der Waals surface area (Å²) in [6, 6.07) is 3.10. The molecule has 4 heterocycles. The number of rotatable bonds is 4. The van der Waals surface area contributed by atoms with Crippen molar-refractivity contribution in [2.45, 2.75) is 94.4 Å². The predicted molar refractivity (Wildman–Crippen MR) is 118 cm³/mol. The van der Waals surface area contributed by atoms with E-state index >= 15 is 0 Å². The van der Waals surface area contributed by atoms with Crippen LogP contribution in [0.1, 0.15) is 57.2 Å². The average molecular weight is 529 g/mol. The van der Waals surface area contributed by atoms with Gasteiger partial charge in [0, 0.05) is 24.2 Å². The lowest BCUT2D eigenvalue weighted by Crippen LogP contribution is -2.51. The number of piperidine rings is 1. The van der Waals surface area contributed by atoms with E-state index in [1.807, 2.05) is 0 Å². The van der Waals surface area contributed by atoms with Crippen molar-refractivity contribution in [2.75, 3.05) is 5.32 Å². The van der Waals surface area contributed by atoms with Gasteiger partial charge in [-0.3, -0.25) is 4.90 Å². The van der Waals surface area contributed by atoms with Crippen molar-refractivity contribution in [2.24, 2.45) is 0 Å². The number of pyridine rings is 1. The second-order valence-electron chi connectivity index (χ2n) is 9.45. The Morgan fingerprint density at radius 1 is 1.09 bits per heavy atom. The molecule has 33 heavy (non-hydrogen) atoms. The molecule has 3 aliphatic rings. The summed E-state index contributed by atoms with van der Waals surface area (Å²) in [5.41, 5.74) is 0.449. The molecule has 1 N–H and O–H groups in total. The van der Waals surface area contributed by atoms with Crippen LogP contribution in [0.4, 0.5) is 23.4 Å². The minimum atomic E-state index is -4.48. The lowest BCUT2D eigenvalue weighted by molar-refractivity contribution is -0.140. The molecule has 11 heteroatoms. The second-order valence-corrected chi connectivity index (χ2v) is 10.2. The highest BCUT2D eigenvalue weighted by atomic mass is 79.9. The lowest BCUT2D eigenvalue weighted by atomic mass is 9.87. The fraction of sp³-hybridized carbons (Fsp3) is 0.682. The number of nitriles is 1. The normalized spacial score (nSPS) is 30.5. The number of anilines is 1. The van der Waals surface area contributed by atoms with Crippen molar-refractivity contribution < 1.29 is 17.6 Å². The number of hydrogen-bond acceptors (Lipinski definition) is 5. The van der Waals surface area contributed by atoms with E-state index < -0.39 is 18.9 Å². The quantitative estimate of drug-likeness (QED) is 0.544. The number of alkyl halides is 4. The van der Waals surface area contributed by atoms with E-state index in [-0.39, 0.29) is 22.9 Å². The third-order valence-corrected chi connectivity index (χ3v) is 8.11. The van der Waals surface area contributed by atoms with E-state index in [1.54, 1.807) is 6.07 Å². The summed E-state index contributed by atoms with van der Waals surface area (Å²) in [5.74, 6) is 0.159. The molecule has 2 aromatic heterocycles. The molecule has 0 aromatic carbocycles. The van der Waals surface area contributed by atoms with Crippen molar-refractivity contribution >= 4 is 32.8 Å². The molecule has 2 atom stereocenters. The van der Waals surface area contributed by atoms with E-state index in [2.05, 4.69) is 36.1 Å². The third kappa shape index (κ3) is 4.44. The Morgan fingerprint density at radius 2 is 1.73 bits per heavy atom. The van der Waals surface area contributed by atoms with Gasteiger partial charge in [-0.25, -0.2) is 14.4 Å². The summed E-state index contributed by atoms with van der Waals surface area (Å²) >= 11 is 3.41. The van der Waals surface area contributed by atoms with Crippen molar-refractivity contribution in [1.82, 2.24) is 19.4 Å². The molecular weight excluding hydrogens is 504 g/mol. The minimum Gasteiger partial charge on any atom is -0.366 e. The SMILES string of the molecule is N#Cc1nc2cnc(NC3CCC(N4[C@H]5CC[C@H]4CC(F)C5)CC3)c(Br)c2n1CC(F)(F)F. The van der Waals surface area contributed by atoms with Crippen molar-refractivity contribution in [3.63, 3.8) is 0 Å². The van der Waals surface area contributed by atoms with E-state index in [1.165, 1.54) is 6.20 Å².